The lowest BCUT2D eigenvalue weighted by atomic mass is 10.1. The van der Waals surface area contributed by atoms with E-state index in [1.807, 2.05) is 0 Å². The third-order valence-electron chi connectivity index (χ3n) is 3.49. The molecule has 1 aliphatic rings. The van der Waals surface area contributed by atoms with Crippen molar-refractivity contribution in [3.8, 4) is 0 Å². The topological polar surface area (TPSA) is 54.4 Å². The summed E-state index contributed by atoms with van der Waals surface area (Å²) in [5, 5.41) is 13.8. The van der Waals surface area contributed by atoms with Gasteiger partial charge in [0, 0.05) is 19.5 Å². The fourth-order valence-electron chi connectivity index (χ4n) is 2.40. The van der Waals surface area contributed by atoms with E-state index in [1.165, 1.54) is 6.07 Å². The van der Waals surface area contributed by atoms with Crippen LogP contribution in [0, 0.1) is 11.6 Å². The summed E-state index contributed by atoms with van der Waals surface area (Å²) in [6.45, 7) is 1.79. The Morgan fingerprint density at radius 2 is 2.14 bits per heavy atom. The summed E-state index contributed by atoms with van der Waals surface area (Å²) in [6.07, 6.45) is -0.423. The van der Waals surface area contributed by atoms with Gasteiger partial charge < -0.3 is 15.2 Å². The number of nitrogens with zero attached hydrogens (tertiary/aromatic N) is 1. The number of hydrogen-bond donors (Lipinski definition) is 2. The molecule has 0 aliphatic carbocycles. The lowest BCUT2D eigenvalue weighted by molar-refractivity contribution is 0.112. The standard InChI is InChI=1S/C15H16F2N2O2S/c16-9-2-1-3-10(17)15(9)12(20)6-18-7-14-19-11-4-5-21-8-13(11)22-14/h1-3,12,18,20H,4-8H2. The summed E-state index contributed by atoms with van der Waals surface area (Å²) in [7, 11) is 0. The zero-order chi connectivity index (χ0) is 15.5. The first kappa shape index (κ1) is 15.5. The first-order valence-corrected chi connectivity index (χ1v) is 7.84. The van der Waals surface area contributed by atoms with Crippen LogP contribution in [0.4, 0.5) is 8.78 Å². The summed E-state index contributed by atoms with van der Waals surface area (Å²) in [5.41, 5.74) is 0.760. The number of aromatic nitrogens is 1. The minimum absolute atomic E-state index is 0.0542. The van der Waals surface area contributed by atoms with Gasteiger partial charge in [-0.15, -0.1) is 11.3 Å². The highest BCUT2D eigenvalue weighted by atomic mass is 32.1. The largest absolute Gasteiger partial charge is 0.387 e. The Labute approximate surface area is 130 Å². The number of benzene rings is 1. The average Bonchev–Trinajstić information content (AvgIpc) is 2.89. The van der Waals surface area contributed by atoms with Gasteiger partial charge in [-0.3, -0.25) is 0 Å². The van der Waals surface area contributed by atoms with Crippen LogP contribution in [0.3, 0.4) is 0 Å². The van der Waals surface area contributed by atoms with Crippen LogP contribution < -0.4 is 5.32 Å². The highest BCUT2D eigenvalue weighted by Gasteiger charge is 2.18. The molecule has 3 rings (SSSR count). The molecule has 0 saturated heterocycles. The summed E-state index contributed by atoms with van der Waals surface area (Å²) in [6, 6.07) is 3.55. The van der Waals surface area contributed by atoms with Gasteiger partial charge in [0.1, 0.15) is 16.6 Å². The van der Waals surface area contributed by atoms with E-state index >= 15 is 0 Å². The maximum Gasteiger partial charge on any atom is 0.131 e. The summed E-state index contributed by atoms with van der Waals surface area (Å²) >= 11 is 1.56. The minimum Gasteiger partial charge on any atom is -0.387 e. The Bertz CT molecular complexity index is 619. The van der Waals surface area contributed by atoms with Crippen LogP contribution in [0.5, 0.6) is 0 Å². The fraction of sp³-hybridized carbons (Fsp3) is 0.400. The molecule has 0 saturated carbocycles. The molecule has 2 aromatic rings. The molecule has 0 radical (unpaired) electrons. The van der Waals surface area contributed by atoms with E-state index < -0.39 is 17.7 Å². The molecule has 0 bridgehead atoms. The SMILES string of the molecule is OC(CNCc1nc2c(s1)COCC2)c1c(F)cccc1F. The van der Waals surface area contributed by atoms with Crippen LogP contribution in [0.15, 0.2) is 18.2 Å². The molecule has 0 spiro atoms. The molecule has 1 aromatic carbocycles. The van der Waals surface area contributed by atoms with Crippen LogP contribution in [-0.2, 0) is 24.3 Å². The van der Waals surface area contributed by atoms with E-state index in [2.05, 4.69) is 10.3 Å². The van der Waals surface area contributed by atoms with Crippen molar-refractivity contribution < 1.29 is 18.6 Å². The predicted molar refractivity (Wildman–Crippen MR) is 78.5 cm³/mol. The van der Waals surface area contributed by atoms with Crippen molar-refractivity contribution in [2.24, 2.45) is 0 Å². The smallest absolute Gasteiger partial charge is 0.131 e. The number of aliphatic hydroxyl groups excluding tert-OH is 1. The minimum atomic E-state index is -1.24. The Morgan fingerprint density at radius 3 is 2.86 bits per heavy atom. The number of fused-ring (bicyclic) bond motifs is 1. The number of ether oxygens (including phenoxy) is 1. The Kier molecular flexibility index (Phi) is 4.77. The van der Waals surface area contributed by atoms with E-state index in [9.17, 15) is 13.9 Å². The highest BCUT2D eigenvalue weighted by Crippen LogP contribution is 2.24. The van der Waals surface area contributed by atoms with Gasteiger partial charge >= 0.3 is 0 Å². The van der Waals surface area contributed by atoms with Crippen molar-refractivity contribution in [3.63, 3.8) is 0 Å². The van der Waals surface area contributed by atoms with Crippen LogP contribution in [-0.4, -0.2) is 23.2 Å². The molecule has 4 nitrogen and oxygen atoms in total. The van der Waals surface area contributed by atoms with Crippen molar-refractivity contribution in [1.82, 2.24) is 10.3 Å². The Hall–Kier alpha value is -1.41. The zero-order valence-corrected chi connectivity index (χ0v) is 12.6. The van der Waals surface area contributed by atoms with E-state index in [0.717, 1.165) is 34.1 Å². The summed E-state index contributed by atoms with van der Waals surface area (Å²) in [4.78, 5) is 5.63. The van der Waals surface area contributed by atoms with Gasteiger partial charge in [0.15, 0.2) is 0 Å². The molecule has 1 aromatic heterocycles. The molecule has 118 valence electrons. The van der Waals surface area contributed by atoms with Crippen molar-refractivity contribution in [1.29, 1.82) is 0 Å². The van der Waals surface area contributed by atoms with Gasteiger partial charge in [-0.25, -0.2) is 13.8 Å². The van der Waals surface area contributed by atoms with E-state index in [1.54, 1.807) is 11.3 Å². The van der Waals surface area contributed by atoms with Crippen molar-refractivity contribution in [2.45, 2.75) is 25.7 Å². The molecule has 1 aliphatic heterocycles. The number of nitrogens with one attached hydrogen (secondary N) is 1. The second-order valence-electron chi connectivity index (χ2n) is 5.06. The molecule has 7 heteroatoms. The monoisotopic (exact) mass is 326 g/mol. The van der Waals surface area contributed by atoms with Gasteiger partial charge in [0.25, 0.3) is 0 Å². The zero-order valence-electron chi connectivity index (χ0n) is 11.8. The van der Waals surface area contributed by atoms with Crippen molar-refractivity contribution in [2.75, 3.05) is 13.2 Å². The van der Waals surface area contributed by atoms with Gasteiger partial charge in [-0.1, -0.05) is 6.07 Å². The van der Waals surface area contributed by atoms with Crippen LogP contribution in [0.25, 0.3) is 0 Å². The average molecular weight is 326 g/mol. The molecule has 1 unspecified atom stereocenters. The fourth-order valence-corrected chi connectivity index (χ4v) is 3.42. The maximum atomic E-state index is 13.6. The van der Waals surface area contributed by atoms with Crippen LogP contribution >= 0.6 is 11.3 Å². The predicted octanol–water partition coefficient (Wildman–Crippen LogP) is 2.32. The van der Waals surface area contributed by atoms with Crippen molar-refractivity contribution >= 4 is 11.3 Å². The third kappa shape index (κ3) is 3.33. The third-order valence-corrected chi connectivity index (χ3v) is 4.56. The van der Waals surface area contributed by atoms with E-state index in [0.29, 0.717) is 19.8 Å². The van der Waals surface area contributed by atoms with E-state index in [4.69, 9.17) is 4.74 Å². The van der Waals surface area contributed by atoms with Gasteiger partial charge in [0.05, 0.1) is 35.5 Å². The number of hydrogen-bond acceptors (Lipinski definition) is 5. The number of aliphatic hydroxyl groups is 1. The van der Waals surface area contributed by atoms with Crippen LogP contribution in [0.1, 0.15) is 27.2 Å². The maximum absolute atomic E-state index is 13.6. The molecule has 2 heterocycles. The first-order chi connectivity index (χ1) is 10.6. The number of rotatable bonds is 5. The summed E-state index contributed by atoms with van der Waals surface area (Å²) in [5.74, 6) is -1.48. The van der Waals surface area contributed by atoms with Crippen molar-refractivity contribution in [3.05, 3.63) is 51.0 Å². The van der Waals surface area contributed by atoms with Crippen LogP contribution in [0.2, 0.25) is 0 Å². The Morgan fingerprint density at radius 1 is 1.36 bits per heavy atom. The van der Waals surface area contributed by atoms with E-state index in [-0.39, 0.29) is 12.1 Å². The number of thiazole rings is 1. The first-order valence-electron chi connectivity index (χ1n) is 7.03. The summed E-state index contributed by atoms with van der Waals surface area (Å²) < 4.78 is 32.5. The molecule has 0 fully saturated rings. The molecule has 1 atom stereocenters. The van der Waals surface area contributed by atoms with Gasteiger partial charge in [0.2, 0.25) is 0 Å². The molecule has 0 amide bonds. The van der Waals surface area contributed by atoms with Gasteiger partial charge in [-0.2, -0.15) is 0 Å². The second-order valence-corrected chi connectivity index (χ2v) is 6.23. The lowest BCUT2D eigenvalue weighted by Gasteiger charge is -2.13. The normalized spacial score (nSPS) is 15.6. The highest BCUT2D eigenvalue weighted by molar-refractivity contribution is 7.11. The number of halogens is 2. The Balaban J connectivity index is 1.57. The molecular weight excluding hydrogens is 310 g/mol. The van der Waals surface area contributed by atoms with Gasteiger partial charge in [-0.05, 0) is 12.1 Å². The molecule has 2 N–H and O–H groups in total. The second kappa shape index (κ2) is 6.78. The quantitative estimate of drug-likeness (QED) is 0.885. The molecule has 22 heavy (non-hydrogen) atoms. The lowest BCUT2D eigenvalue weighted by Crippen LogP contribution is -2.22. The molecular formula is C15H16F2N2O2S.